The summed E-state index contributed by atoms with van der Waals surface area (Å²) in [5.74, 6) is 0. The van der Waals surface area contributed by atoms with Gasteiger partial charge in [0.2, 0.25) is 0 Å². The van der Waals surface area contributed by atoms with Crippen LogP contribution < -0.4 is 0 Å². The fourth-order valence-corrected chi connectivity index (χ4v) is 2.24. The van der Waals surface area contributed by atoms with Crippen molar-refractivity contribution in [3.05, 3.63) is 58.1 Å². The lowest BCUT2D eigenvalue weighted by Gasteiger charge is -2.08. The Kier molecular flexibility index (Phi) is 3.20. The van der Waals surface area contributed by atoms with Crippen LogP contribution in [-0.2, 0) is 0 Å². The zero-order valence-electron chi connectivity index (χ0n) is 8.91. The first-order valence-electron chi connectivity index (χ1n) is 5.03. The topological polar surface area (TPSA) is 17.1 Å². The quantitative estimate of drug-likeness (QED) is 0.749. The maximum absolute atomic E-state index is 10.7. The Morgan fingerprint density at radius 3 is 2.44 bits per heavy atom. The average Bonchev–Trinajstić information content (AvgIpc) is 2.30. The van der Waals surface area contributed by atoms with E-state index in [2.05, 4.69) is 22.0 Å². The maximum Gasteiger partial charge on any atom is 0.150 e. The van der Waals surface area contributed by atoms with Gasteiger partial charge in [-0.3, -0.25) is 4.79 Å². The molecule has 1 nitrogen and oxygen atoms in total. The second kappa shape index (κ2) is 4.62. The SMILES string of the molecule is Cc1cc(C=O)ccc1-c1ccccc1Br. The van der Waals surface area contributed by atoms with E-state index < -0.39 is 0 Å². The van der Waals surface area contributed by atoms with Crippen LogP contribution in [0.15, 0.2) is 46.9 Å². The molecule has 0 saturated carbocycles. The van der Waals surface area contributed by atoms with Crippen LogP contribution in [0.5, 0.6) is 0 Å². The Labute approximate surface area is 103 Å². The van der Waals surface area contributed by atoms with E-state index in [9.17, 15) is 4.79 Å². The van der Waals surface area contributed by atoms with Crippen molar-refractivity contribution in [3.8, 4) is 11.1 Å². The first-order valence-corrected chi connectivity index (χ1v) is 5.82. The normalized spacial score (nSPS) is 10.1. The fraction of sp³-hybridized carbons (Fsp3) is 0.0714. The first kappa shape index (κ1) is 11.1. The van der Waals surface area contributed by atoms with Gasteiger partial charge in [-0.25, -0.2) is 0 Å². The van der Waals surface area contributed by atoms with Crippen LogP contribution in [0.1, 0.15) is 15.9 Å². The molecule has 80 valence electrons. The van der Waals surface area contributed by atoms with Crippen molar-refractivity contribution >= 4 is 22.2 Å². The lowest BCUT2D eigenvalue weighted by Crippen LogP contribution is -1.87. The van der Waals surface area contributed by atoms with E-state index >= 15 is 0 Å². The summed E-state index contributed by atoms with van der Waals surface area (Å²) in [4.78, 5) is 10.7. The van der Waals surface area contributed by atoms with Crippen molar-refractivity contribution in [1.82, 2.24) is 0 Å². The molecule has 0 fully saturated rings. The zero-order valence-corrected chi connectivity index (χ0v) is 10.5. The van der Waals surface area contributed by atoms with Gasteiger partial charge in [-0.05, 0) is 35.7 Å². The Balaban J connectivity index is 2.57. The predicted octanol–water partition coefficient (Wildman–Crippen LogP) is 4.24. The summed E-state index contributed by atoms with van der Waals surface area (Å²) < 4.78 is 1.07. The summed E-state index contributed by atoms with van der Waals surface area (Å²) in [6, 6.07) is 13.8. The molecule has 0 aromatic heterocycles. The van der Waals surface area contributed by atoms with Gasteiger partial charge in [-0.2, -0.15) is 0 Å². The molecule has 0 spiro atoms. The highest BCUT2D eigenvalue weighted by Gasteiger charge is 2.05. The summed E-state index contributed by atoms with van der Waals surface area (Å²) in [6.07, 6.45) is 0.872. The summed E-state index contributed by atoms with van der Waals surface area (Å²) >= 11 is 3.53. The summed E-state index contributed by atoms with van der Waals surface area (Å²) in [7, 11) is 0. The smallest absolute Gasteiger partial charge is 0.150 e. The molecule has 0 amide bonds. The molecule has 0 aliphatic heterocycles. The Bertz CT molecular complexity index is 532. The van der Waals surface area contributed by atoms with Crippen molar-refractivity contribution in [2.75, 3.05) is 0 Å². The minimum atomic E-state index is 0.716. The van der Waals surface area contributed by atoms with E-state index in [1.165, 1.54) is 0 Å². The number of rotatable bonds is 2. The highest BCUT2D eigenvalue weighted by molar-refractivity contribution is 9.10. The third kappa shape index (κ3) is 2.07. The third-order valence-electron chi connectivity index (χ3n) is 2.55. The van der Waals surface area contributed by atoms with Crippen LogP contribution in [0.25, 0.3) is 11.1 Å². The number of aryl methyl sites for hydroxylation is 1. The van der Waals surface area contributed by atoms with E-state index in [1.807, 2.05) is 43.3 Å². The zero-order chi connectivity index (χ0) is 11.5. The summed E-state index contributed by atoms with van der Waals surface area (Å²) in [6.45, 7) is 2.02. The molecule has 0 N–H and O–H groups in total. The standard InChI is InChI=1S/C14H11BrO/c1-10-8-11(9-16)6-7-12(10)13-4-2-3-5-14(13)15/h2-9H,1H3. The van der Waals surface area contributed by atoms with Gasteiger partial charge in [-0.1, -0.05) is 46.3 Å². The van der Waals surface area contributed by atoms with E-state index in [-0.39, 0.29) is 0 Å². The van der Waals surface area contributed by atoms with Gasteiger partial charge in [0.15, 0.2) is 0 Å². The number of hydrogen-bond donors (Lipinski definition) is 0. The highest BCUT2D eigenvalue weighted by atomic mass is 79.9. The second-order valence-electron chi connectivity index (χ2n) is 3.67. The van der Waals surface area contributed by atoms with E-state index in [0.717, 1.165) is 27.4 Å². The van der Waals surface area contributed by atoms with Crippen molar-refractivity contribution in [2.45, 2.75) is 6.92 Å². The molecule has 0 aliphatic rings. The molecule has 2 heteroatoms. The molecule has 0 atom stereocenters. The molecule has 0 aliphatic carbocycles. The van der Waals surface area contributed by atoms with Gasteiger partial charge in [-0.15, -0.1) is 0 Å². The molecule has 2 rings (SSSR count). The van der Waals surface area contributed by atoms with Gasteiger partial charge < -0.3 is 0 Å². The molecule has 0 saturated heterocycles. The summed E-state index contributed by atoms with van der Waals surface area (Å²) in [5, 5.41) is 0. The Morgan fingerprint density at radius 1 is 1.06 bits per heavy atom. The van der Waals surface area contributed by atoms with Crippen LogP contribution in [-0.4, -0.2) is 6.29 Å². The molecular weight excluding hydrogens is 264 g/mol. The predicted molar refractivity (Wildman–Crippen MR) is 69.7 cm³/mol. The number of halogens is 1. The minimum Gasteiger partial charge on any atom is -0.298 e. The van der Waals surface area contributed by atoms with Gasteiger partial charge in [0.1, 0.15) is 6.29 Å². The fourth-order valence-electron chi connectivity index (χ4n) is 1.74. The molecule has 0 heterocycles. The highest BCUT2D eigenvalue weighted by Crippen LogP contribution is 2.30. The van der Waals surface area contributed by atoms with Crippen LogP contribution in [0, 0.1) is 6.92 Å². The van der Waals surface area contributed by atoms with E-state index in [1.54, 1.807) is 0 Å². The first-order chi connectivity index (χ1) is 7.72. The third-order valence-corrected chi connectivity index (χ3v) is 3.24. The molecule has 0 unspecified atom stereocenters. The number of aldehydes is 1. The number of hydrogen-bond acceptors (Lipinski definition) is 1. The molecule has 0 radical (unpaired) electrons. The van der Waals surface area contributed by atoms with Crippen molar-refractivity contribution in [2.24, 2.45) is 0 Å². The van der Waals surface area contributed by atoms with E-state index in [4.69, 9.17) is 0 Å². The van der Waals surface area contributed by atoms with Crippen molar-refractivity contribution in [3.63, 3.8) is 0 Å². The average molecular weight is 275 g/mol. The van der Waals surface area contributed by atoms with Crippen LogP contribution >= 0.6 is 15.9 Å². The lowest BCUT2D eigenvalue weighted by atomic mass is 9.99. The molecule has 2 aromatic rings. The van der Waals surface area contributed by atoms with Gasteiger partial charge >= 0.3 is 0 Å². The summed E-state index contributed by atoms with van der Waals surface area (Å²) in [5.41, 5.74) is 4.13. The van der Waals surface area contributed by atoms with Crippen LogP contribution in [0.4, 0.5) is 0 Å². The molecule has 16 heavy (non-hydrogen) atoms. The number of carbonyl (C=O) groups excluding carboxylic acids is 1. The molecule has 0 bridgehead atoms. The minimum absolute atomic E-state index is 0.716. The van der Waals surface area contributed by atoms with E-state index in [0.29, 0.717) is 5.56 Å². The van der Waals surface area contributed by atoms with Crippen molar-refractivity contribution < 1.29 is 4.79 Å². The maximum atomic E-state index is 10.7. The lowest BCUT2D eigenvalue weighted by molar-refractivity contribution is 0.112. The van der Waals surface area contributed by atoms with Crippen LogP contribution in [0.3, 0.4) is 0 Å². The molecule has 2 aromatic carbocycles. The number of carbonyl (C=O) groups is 1. The van der Waals surface area contributed by atoms with Crippen LogP contribution in [0.2, 0.25) is 0 Å². The second-order valence-corrected chi connectivity index (χ2v) is 4.53. The molecular formula is C14H11BrO. The van der Waals surface area contributed by atoms with Gasteiger partial charge in [0, 0.05) is 10.0 Å². The van der Waals surface area contributed by atoms with Gasteiger partial charge in [0.25, 0.3) is 0 Å². The Morgan fingerprint density at radius 2 is 1.81 bits per heavy atom. The number of benzene rings is 2. The largest absolute Gasteiger partial charge is 0.298 e. The van der Waals surface area contributed by atoms with Crippen molar-refractivity contribution in [1.29, 1.82) is 0 Å². The Hall–Kier alpha value is -1.41. The monoisotopic (exact) mass is 274 g/mol. The van der Waals surface area contributed by atoms with Gasteiger partial charge in [0.05, 0.1) is 0 Å².